The number of ether oxygens (including phenoxy) is 2. The van der Waals surface area contributed by atoms with Crippen molar-refractivity contribution in [2.24, 2.45) is 10.9 Å². The number of rotatable bonds is 7. The van der Waals surface area contributed by atoms with Crippen LogP contribution in [0, 0.1) is 17.6 Å². The molecular formula is C31H21ClF5NO3. The maximum atomic E-state index is 14.6. The van der Waals surface area contributed by atoms with Crippen molar-refractivity contribution in [2.75, 3.05) is 0 Å². The van der Waals surface area contributed by atoms with Gasteiger partial charge in [-0.25, -0.2) is 8.78 Å². The highest BCUT2D eigenvalue weighted by atomic mass is 35.5. The van der Waals surface area contributed by atoms with Crippen LogP contribution in [0.5, 0.6) is 5.75 Å². The third-order valence-corrected chi connectivity index (χ3v) is 7.01. The van der Waals surface area contributed by atoms with Gasteiger partial charge in [-0.15, -0.1) is 13.2 Å². The molecule has 1 unspecified atom stereocenters. The highest BCUT2D eigenvalue weighted by Crippen LogP contribution is 2.39. The number of hydrogen-bond acceptors (Lipinski definition) is 4. The van der Waals surface area contributed by atoms with E-state index in [1.54, 1.807) is 48.5 Å². The van der Waals surface area contributed by atoms with Crippen molar-refractivity contribution >= 4 is 23.3 Å². The highest BCUT2D eigenvalue weighted by Gasteiger charge is 2.39. The minimum Gasteiger partial charge on any atom is -0.460 e. The molecule has 0 radical (unpaired) electrons. The van der Waals surface area contributed by atoms with Crippen LogP contribution in [-0.4, -0.2) is 18.0 Å². The first-order valence-electron chi connectivity index (χ1n) is 12.5. The molecule has 41 heavy (non-hydrogen) atoms. The topological polar surface area (TPSA) is 47.9 Å². The fraction of sp³-hybridized carbons (Fsp3) is 0.161. The zero-order chi connectivity index (χ0) is 29.1. The SMILES string of the molecule is O=C(OCc1ccccc1Cl)[C@H]1CC(c2c(F)cccc2F)=NC1c1ccc(-c2ccc(OC(F)(F)F)cc2)cc1. The quantitative estimate of drug-likeness (QED) is 0.161. The summed E-state index contributed by atoms with van der Waals surface area (Å²) in [4.78, 5) is 17.8. The van der Waals surface area contributed by atoms with E-state index in [1.165, 1.54) is 30.3 Å². The van der Waals surface area contributed by atoms with Crippen molar-refractivity contribution in [3.63, 3.8) is 0 Å². The van der Waals surface area contributed by atoms with E-state index >= 15 is 0 Å². The molecule has 1 heterocycles. The van der Waals surface area contributed by atoms with Gasteiger partial charge in [-0.2, -0.15) is 0 Å². The Bertz CT molecular complexity index is 1570. The highest BCUT2D eigenvalue weighted by molar-refractivity contribution is 6.31. The number of esters is 1. The smallest absolute Gasteiger partial charge is 0.460 e. The van der Waals surface area contributed by atoms with Crippen LogP contribution in [0.2, 0.25) is 5.02 Å². The number of nitrogens with zero attached hydrogens (tertiary/aromatic N) is 1. The molecular weight excluding hydrogens is 565 g/mol. The molecule has 0 aromatic heterocycles. The lowest BCUT2D eigenvalue weighted by molar-refractivity contribution is -0.274. The summed E-state index contributed by atoms with van der Waals surface area (Å²) < 4.78 is 76.1. The first kappa shape index (κ1) is 28.3. The van der Waals surface area contributed by atoms with E-state index in [9.17, 15) is 26.7 Å². The Balaban J connectivity index is 1.41. The predicted octanol–water partition coefficient (Wildman–Crippen LogP) is 8.48. The zero-order valence-corrected chi connectivity index (χ0v) is 21.9. The second-order valence-corrected chi connectivity index (χ2v) is 9.73. The lowest BCUT2D eigenvalue weighted by Gasteiger charge is -2.18. The van der Waals surface area contributed by atoms with E-state index in [1.807, 2.05) is 0 Å². The van der Waals surface area contributed by atoms with Gasteiger partial charge < -0.3 is 9.47 Å². The second-order valence-electron chi connectivity index (χ2n) is 9.32. The normalized spacial score (nSPS) is 16.8. The number of alkyl halides is 3. The number of aliphatic imine (C=N–C) groups is 1. The van der Waals surface area contributed by atoms with Crippen LogP contribution in [0.15, 0.2) is 96.0 Å². The molecule has 4 nitrogen and oxygen atoms in total. The number of halogens is 6. The lowest BCUT2D eigenvalue weighted by atomic mass is 9.90. The number of benzene rings is 4. The van der Waals surface area contributed by atoms with Gasteiger partial charge in [-0.1, -0.05) is 72.3 Å². The van der Waals surface area contributed by atoms with Gasteiger partial charge in [-0.05, 0) is 47.0 Å². The van der Waals surface area contributed by atoms with Gasteiger partial charge in [0.25, 0.3) is 0 Å². The Morgan fingerprint density at radius 2 is 1.46 bits per heavy atom. The van der Waals surface area contributed by atoms with E-state index < -0.39 is 35.9 Å². The van der Waals surface area contributed by atoms with Crippen molar-refractivity contribution < 1.29 is 36.2 Å². The first-order chi connectivity index (χ1) is 19.6. The maximum absolute atomic E-state index is 14.6. The lowest BCUT2D eigenvalue weighted by Crippen LogP contribution is -2.22. The fourth-order valence-electron chi connectivity index (χ4n) is 4.68. The molecule has 0 N–H and O–H groups in total. The summed E-state index contributed by atoms with van der Waals surface area (Å²) >= 11 is 6.18. The summed E-state index contributed by atoms with van der Waals surface area (Å²) in [5.41, 5.74) is 2.33. The number of carbonyl (C=O) groups excluding carboxylic acids is 1. The standard InChI is InChI=1S/C31H21ClF5NO3/c32-24-5-2-1-4-21(24)17-40-30(39)23-16-27(28-25(33)6-3-7-26(28)34)38-29(23)20-10-8-18(9-11-20)19-12-14-22(15-13-19)41-31(35,36)37/h1-15,23,29H,16-17H2/t23-,29?/m0/s1. The second kappa shape index (κ2) is 11.7. The van der Waals surface area contributed by atoms with Crippen LogP contribution in [0.3, 0.4) is 0 Å². The number of hydrogen-bond donors (Lipinski definition) is 0. The van der Waals surface area contributed by atoms with E-state index in [4.69, 9.17) is 16.3 Å². The first-order valence-corrected chi connectivity index (χ1v) is 12.8. The van der Waals surface area contributed by atoms with Crippen LogP contribution in [0.4, 0.5) is 22.0 Å². The molecule has 1 aliphatic rings. The van der Waals surface area contributed by atoms with Gasteiger partial charge in [0, 0.05) is 22.7 Å². The van der Waals surface area contributed by atoms with E-state index in [0.29, 0.717) is 27.3 Å². The van der Waals surface area contributed by atoms with Crippen molar-refractivity contribution in [2.45, 2.75) is 25.4 Å². The molecule has 5 rings (SSSR count). The van der Waals surface area contributed by atoms with Crippen molar-refractivity contribution in [1.82, 2.24) is 0 Å². The summed E-state index contributed by atoms with van der Waals surface area (Å²) in [6, 6.07) is 21.8. The molecule has 0 saturated heterocycles. The average Bonchev–Trinajstić information content (AvgIpc) is 3.37. The van der Waals surface area contributed by atoms with Crippen LogP contribution >= 0.6 is 11.6 Å². The molecule has 0 saturated carbocycles. The van der Waals surface area contributed by atoms with Crippen molar-refractivity contribution in [3.05, 3.63) is 124 Å². The molecule has 210 valence electrons. The molecule has 10 heteroatoms. The third-order valence-electron chi connectivity index (χ3n) is 6.64. The molecule has 1 aliphatic heterocycles. The Kier molecular flexibility index (Phi) is 8.08. The Labute approximate surface area is 237 Å². The van der Waals surface area contributed by atoms with E-state index in [-0.39, 0.29) is 30.1 Å². The van der Waals surface area contributed by atoms with E-state index in [0.717, 1.165) is 12.1 Å². The van der Waals surface area contributed by atoms with Crippen LogP contribution in [0.1, 0.15) is 29.2 Å². The van der Waals surface area contributed by atoms with Crippen LogP contribution < -0.4 is 4.74 Å². The zero-order valence-electron chi connectivity index (χ0n) is 21.2. The summed E-state index contributed by atoms with van der Waals surface area (Å²) in [6.07, 6.45) is -4.84. The monoisotopic (exact) mass is 585 g/mol. The maximum Gasteiger partial charge on any atom is 0.573 e. The Morgan fingerprint density at radius 1 is 0.854 bits per heavy atom. The van der Waals surface area contributed by atoms with Crippen LogP contribution in [-0.2, 0) is 16.1 Å². The van der Waals surface area contributed by atoms with Crippen LogP contribution in [0.25, 0.3) is 11.1 Å². The molecule has 4 aromatic carbocycles. The van der Waals surface area contributed by atoms with Crippen molar-refractivity contribution in [1.29, 1.82) is 0 Å². The summed E-state index contributed by atoms with van der Waals surface area (Å²) in [5.74, 6) is -3.39. The Morgan fingerprint density at radius 3 is 2.07 bits per heavy atom. The van der Waals surface area contributed by atoms with Gasteiger partial charge in [0.2, 0.25) is 0 Å². The number of carbonyl (C=O) groups is 1. The molecule has 0 aliphatic carbocycles. The summed E-state index contributed by atoms with van der Waals surface area (Å²) in [7, 11) is 0. The van der Waals surface area contributed by atoms with Gasteiger partial charge in [-0.3, -0.25) is 9.79 Å². The predicted molar refractivity (Wildman–Crippen MR) is 144 cm³/mol. The van der Waals surface area contributed by atoms with Gasteiger partial charge in [0.05, 0.1) is 17.5 Å². The molecule has 0 bridgehead atoms. The molecule has 4 aromatic rings. The average molecular weight is 586 g/mol. The molecule has 2 atom stereocenters. The minimum absolute atomic E-state index is 0.0493. The minimum atomic E-state index is -4.79. The molecule has 0 fully saturated rings. The molecule has 0 spiro atoms. The summed E-state index contributed by atoms with van der Waals surface area (Å²) in [5, 5.41) is 0.433. The fourth-order valence-corrected chi connectivity index (χ4v) is 4.87. The molecule has 0 amide bonds. The Hall–Kier alpha value is -4.24. The largest absolute Gasteiger partial charge is 0.573 e. The van der Waals surface area contributed by atoms with Crippen molar-refractivity contribution in [3.8, 4) is 16.9 Å². The van der Waals surface area contributed by atoms with E-state index in [2.05, 4.69) is 9.73 Å². The van der Waals surface area contributed by atoms with Gasteiger partial charge >= 0.3 is 12.3 Å². The summed E-state index contributed by atoms with van der Waals surface area (Å²) in [6.45, 7) is -0.0852. The third kappa shape index (κ3) is 6.57. The van der Waals surface area contributed by atoms with Gasteiger partial charge in [0.15, 0.2) is 0 Å². The van der Waals surface area contributed by atoms with Gasteiger partial charge in [0.1, 0.15) is 24.0 Å².